The van der Waals surface area contributed by atoms with Crippen LogP contribution in [0.4, 0.5) is 4.79 Å². The zero-order valence-electron chi connectivity index (χ0n) is 7.04. The lowest BCUT2D eigenvalue weighted by Gasteiger charge is -2.08. The van der Waals surface area contributed by atoms with Crippen molar-refractivity contribution >= 4 is 6.09 Å². The fourth-order valence-corrected chi connectivity index (χ4v) is 0.938. The highest BCUT2D eigenvalue weighted by Gasteiger charge is 2.15. The summed E-state index contributed by atoms with van der Waals surface area (Å²) in [4.78, 5) is 10.6. The highest BCUT2D eigenvalue weighted by atomic mass is 16.7. The molecule has 70 valence electrons. The van der Waals surface area contributed by atoms with Crippen molar-refractivity contribution in [1.29, 1.82) is 0 Å². The van der Waals surface area contributed by atoms with E-state index in [4.69, 9.17) is 9.47 Å². The zero-order chi connectivity index (χ0) is 8.81. The topological polar surface area (TPSA) is 56.8 Å². The Labute approximate surface area is 71.0 Å². The Bertz CT molecular complexity index is 144. The molecule has 0 unspecified atom stereocenters. The predicted molar refractivity (Wildman–Crippen MR) is 40.7 cm³/mol. The maximum atomic E-state index is 10.6. The van der Waals surface area contributed by atoms with Crippen molar-refractivity contribution in [2.24, 2.45) is 0 Å². The Morgan fingerprint density at radius 1 is 1.58 bits per heavy atom. The van der Waals surface area contributed by atoms with Gasteiger partial charge in [0.05, 0.1) is 20.3 Å². The van der Waals surface area contributed by atoms with Gasteiger partial charge < -0.3 is 19.5 Å². The Kier molecular flexibility index (Phi) is 3.83. The molecule has 1 saturated heterocycles. The Balaban J connectivity index is 1.97. The smallest absolute Gasteiger partial charge is 0.406 e. The lowest BCUT2D eigenvalue weighted by atomic mass is 10.4. The van der Waals surface area contributed by atoms with Gasteiger partial charge in [0.1, 0.15) is 0 Å². The molecule has 0 aromatic rings. The molecule has 0 aliphatic carbocycles. The fourth-order valence-electron chi connectivity index (χ4n) is 0.938. The first-order valence-corrected chi connectivity index (χ1v) is 3.88. The summed E-state index contributed by atoms with van der Waals surface area (Å²) in [6.07, 6.45) is 0.0740. The van der Waals surface area contributed by atoms with E-state index >= 15 is 0 Å². The summed E-state index contributed by atoms with van der Waals surface area (Å²) in [6, 6.07) is 0. The molecule has 5 nitrogen and oxygen atoms in total. The number of carbonyl (C=O) groups excluding carboxylic acids is 1. The number of alkyl carbamates (subject to hydrolysis) is 1. The maximum Gasteiger partial charge on any atom is 0.406 e. The summed E-state index contributed by atoms with van der Waals surface area (Å²) in [5.41, 5.74) is 0. The molecule has 12 heavy (non-hydrogen) atoms. The number of ether oxygens (including phenoxy) is 3. The normalized spacial score (nSPS) is 17.8. The van der Waals surface area contributed by atoms with Crippen LogP contribution < -0.4 is 5.32 Å². The summed E-state index contributed by atoms with van der Waals surface area (Å²) < 4.78 is 14.7. The molecule has 0 aromatic carbocycles. The molecule has 0 radical (unpaired) electrons. The highest BCUT2D eigenvalue weighted by Crippen LogP contribution is 2.06. The van der Waals surface area contributed by atoms with Crippen LogP contribution in [0.5, 0.6) is 0 Å². The third kappa shape index (κ3) is 3.06. The third-order valence-corrected chi connectivity index (χ3v) is 1.53. The van der Waals surface area contributed by atoms with E-state index in [1.54, 1.807) is 0 Å². The number of amides is 1. The van der Waals surface area contributed by atoms with Crippen molar-refractivity contribution in [1.82, 2.24) is 5.32 Å². The number of carbonyl (C=O) groups is 1. The van der Waals surface area contributed by atoms with Crippen molar-refractivity contribution in [2.75, 3.05) is 26.9 Å². The third-order valence-electron chi connectivity index (χ3n) is 1.53. The average Bonchev–Trinajstić information content (AvgIpc) is 2.57. The molecule has 0 atom stereocenters. The van der Waals surface area contributed by atoms with Gasteiger partial charge in [0.15, 0.2) is 6.29 Å². The van der Waals surface area contributed by atoms with Crippen molar-refractivity contribution in [3.8, 4) is 0 Å². The van der Waals surface area contributed by atoms with E-state index in [-0.39, 0.29) is 6.29 Å². The molecule has 1 fully saturated rings. The molecule has 0 bridgehead atoms. The Morgan fingerprint density at radius 3 is 2.83 bits per heavy atom. The quantitative estimate of drug-likeness (QED) is 0.661. The van der Waals surface area contributed by atoms with Crippen LogP contribution in [0.15, 0.2) is 0 Å². The minimum atomic E-state index is -0.423. The molecule has 1 amide bonds. The Hall–Kier alpha value is -0.810. The minimum absolute atomic E-state index is 0.165. The van der Waals surface area contributed by atoms with E-state index in [9.17, 15) is 4.79 Å². The molecule has 1 aliphatic rings. The second-order valence-electron chi connectivity index (χ2n) is 2.38. The Morgan fingerprint density at radius 2 is 2.25 bits per heavy atom. The largest absolute Gasteiger partial charge is 0.453 e. The minimum Gasteiger partial charge on any atom is -0.453 e. The number of rotatable bonds is 3. The van der Waals surface area contributed by atoms with Gasteiger partial charge in [-0.1, -0.05) is 0 Å². The summed E-state index contributed by atoms with van der Waals surface area (Å²) in [5, 5.41) is 2.54. The van der Waals surface area contributed by atoms with Crippen molar-refractivity contribution in [3.05, 3.63) is 0 Å². The van der Waals surface area contributed by atoms with Gasteiger partial charge in [-0.25, -0.2) is 4.79 Å². The fraction of sp³-hybridized carbons (Fsp3) is 0.857. The summed E-state index contributed by atoms with van der Waals surface area (Å²) in [6.45, 7) is 1.79. The van der Waals surface area contributed by atoms with E-state index in [1.165, 1.54) is 7.11 Å². The van der Waals surface area contributed by atoms with Gasteiger partial charge in [-0.05, 0) is 0 Å². The molecule has 0 saturated carbocycles. The molecule has 0 spiro atoms. The van der Waals surface area contributed by atoms with Crippen LogP contribution in [0.2, 0.25) is 0 Å². The first kappa shape index (κ1) is 9.28. The maximum absolute atomic E-state index is 10.6. The van der Waals surface area contributed by atoms with Gasteiger partial charge in [-0.2, -0.15) is 0 Å². The van der Waals surface area contributed by atoms with E-state index < -0.39 is 6.09 Å². The van der Waals surface area contributed by atoms with E-state index in [1.807, 2.05) is 0 Å². The van der Waals surface area contributed by atoms with Crippen LogP contribution >= 0.6 is 0 Å². The monoisotopic (exact) mass is 175 g/mol. The second kappa shape index (κ2) is 4.95. The predicted octanol–water partition coefficient (Wildman–Crippen LogP) is 0.105. The molecule has 1 heterocycles. The number of hydrogen-bond donors (Lipinski definition) is 1. The van der Waals surface area contributed by atoms with Gasteiger partial charge in [0.25, 0.3) is 0 Å². The van der Waals surface area contributed by atoms with Crippen LogP contribution in [0, 0.1) is 0 Å². The lowest BCUT2D eigenvalue weighted by molar-refractivity contribution is -0.0456. The van der Waals surface area contributed by atoms with Gasteiger partial charge in [-0.15, -0.1) is 0 Å². The van der Waals surface area contributed by atoms with Gasteiger partial charge in [0, 0.05) is 13.0 Å². The van der Waals surface area contributed by atoms with Crippen LogP contribution in [-0.4, -0.2) is 39.3 Å². The zero-order valence-corrected chi connectivity index (χ0v) is 7.04. The van der Waals surface area contributed by atoms with Crippen LogP contribution in [0.1, 0.15) is 6.42 Å². The molecular formula is C7H13NO4. The standard InChI is InChI=1S/C7H13NO4/c1-10-7(9)8-3-2-6-11-4-5-12-6/h6H,2-5H2,1H3,(H,8,9). The van der Waals surface area contributed by atoms with Crippen LogP contribution in [0.3, 0.4) is 0 Å². The second-order valence-corrected chi connectivity index (χ2v) is 2.38. The number of methoxy groups -OCH3 is 1. The SMILES string of the molecule is COC(=O)NCCC1OCCO1. The highest BCUT2D eigenvalue weighted by molar-refractivity contribution is 5.66. The molecule has 0 aromatic heterocycles. The van der Waals surface area contributed by atoms with Crippen molar-refractivity contribution in [3.63, 3.8) is 0 Å². The van der Waals surface area contributed by atoms with E-state index in [0.29, 0.717) is 26.2 Å². The molecule has 1 rings (SSSR count). The molecule has 1 aliphatic heterocycles. The summed E-state index contributed by atoms with van der Waals surface area (Å²) >= 11 is 0. The summed E-state index contributed by atoms with van der Waals surface area (Å²) in [7, 11) is 1.33. The van der Waals surface area contributed by atoms with Gasteiger partial charge in [0.2, 0.25) is 0 Å². The van der Waals surface area contributed by atoms with Crippen molar-refractivity contribution < 1.29 is 19.0 Å². The average molecular weight is 175 g/mol. The van der Waals surface area contributed by atoms with Crippen LogP contribution in [-0.2, 0) is 14.2 Å². The lowest BCUT2D eigenvalue weighted by Crippen LogP contribution is -2.27. The van der Waals surface area contributed by atoms with Crippen molar-refractivity contribution in [2.45, 2.75) is 12.7 Å². The van der Waals surface area contributed by atoms with E-state index in [2.05, 4.69) is 10.1 Å². The van der Waals surface area contributed by atoms with Gasteiger partial charge >= 0.3 is 6.09 Å². The molecule has 1 N–H and O–H groups in total. The first-order valence-electron chi connectivity index (χ1n) is 3.88. The first-order chi connectivity index (χ1) is 5.83. The summed E-state index contributed by atoms with van der Waals surface area (Å²) in [5.74, 6) is 0. The van der Waals surface area contributed by atoms with Crippen LogP contribution in [0.25, 0.3) is 0 Å². The molecule has 5 heteroatoms. The molecular weight excluding hydrogens is 162 g/mol. The number of nitrogens with one attached hydrogen (secondary N) is 1. The van der Waals surface area contributed by atoms with E-state index in [0.717, 1.165) is 0 Å². The number of hydrogen-bond acceptors (Lipinski definition) is 4. The van der Waals surface area contributed by atoms with Gasteiger partial charge in [-0.3, -0.25) is 0 Å².